The summed E-state index contributed by atoms with van der Waals surface area (Å²) in [5.74, 6) is 0. The minimum absolute atomic E-state index is 0.393. The Morgan fingerprint density at radius 1 is 0.400 bits per heavy atom. The average Bonchev–Trinajstić information content (AvgIpc) is 3.83. The lowest BCUT2D eigenvalue weighted by atomic mass is 9.88. The molecule has 2 aromatic heterocycles. The van der Waals surface area contributed by atoms with E-state index in [0.717, 1.165) is 77.2 Å². The first-order valence-corrected chi connectivity index (χ1v) is 21.6. The van der Waals surface area contributed by atoms with E-state index in [1.807, 2.05) is 54.6 Å². The van der Waals surface area contributed by atoms with E-state index < -0.39 is 11.7 Å². The van der Waals surface area contributed by atoms with Crippen LogP contribution in [0.3, 0.4) is 0 Å². The Morgan fingerprint density at radius 2 is 0.877 bits per heavy atom. The molecule has 0 saturated heterocycles. The number of fused-ring (bicyclic) bond motifs is 6. The quantitative estimate of drug-likeness (QED) is 0.164. The molecule has 2 heterocycles. The van der Waals surface area contributed by atoms with Gasteiger partial charge in [-0.2, -0.15) is 18.4 Å². The van der Waals surface area contributed by atoms with E-state index in [1.54, 1.807) is 19.1 Å². The normalized spacial score (nSPS) is 11.8. The Labute approximate surface area is 374 Å². The van der Waals surface area contributed by atoms with E-state index in [2.05, 4.69) is 138 Å². The highest BCUT2D eigenvalue weighted by Gasteiger charge is 2.32. The van der Waals surface area contributed by atoms with E-state index >= 15 is 0 Å². The van der Waals surface area contributed by atoms with Crippen molar-refractivity contribution in [3.05, 3.63) is 216 Å². The first kappa shape index (κ1) is 39.7. The molecule has 0 bridgehead atoms. The van der Waals surface area contributed by atoms with Gasteiger partial charge in [-0.25, -0.2) is 0 Å². The van der Waals surface area contributed by atoms with Crippen molar-refractivity contribution in [2.24, 2.45) is 0 Å². The first-order valence-electron chi connectivity index (χ1n) is 21.6. The Morgan fingerprint density at radius 3 is 1.40 bits per heavy atom. The summed E-state index contributed by atoms with van der Waals surface area (Å²) in [5.41, 5.74) is 14.3. The molecule has 0 radical (unpaired) electrons. The predicted octanol–water partition coefficient (Wildman–Crippen LogP) is 16.4. The molecule has 0 aliphatic carbocycles. The van der Waals surface area contributed by atoms with E-state index in [1.165, 1.54) is 23.3 Å². The lowest BCUT2D eigenvalue weighted by molar-refractivity contribution is -0.137. The van der Waals surface area contributed by atoms with Gasteiger partial charge in [0.05, 0.1) is 50.6 Å². The maximum atomic E-state index is 14.7. The molecule has 3 nitrogen and oxygen atoms in total. The molecule has 65 heavy (non-hydrogen) atoms. The van der Waals surface area contributed by atoms with Crippen LogP contribution in [0.25, 0.3) is 99.5 Å². The number of para-hydroxylation sites is 2. The maximum absolute atomic E-state index is 14.7. The van der Waals surface area contributed by atoms with Gasteiger partial charge in [0.2, 0.25) is 0 Å². The third-order valence-electron chi connectivity index (χ3n) is 12.8. The van der Waals surface area contributed by atoms with Crippen LogP contribution in [0.1, 0.15) is 27.8 Å². The molecule has 0 fully saturated rings. The van der Waals surface area contributed by atoms with Gasteiger partial charge in [0.1, 0.15) is 0 Å². The molecule has 0 atom stereocenters. The number of nitrogens with zero attached hydrogens (tertiary/aromatic N) is 3. The van der Waals surface area contributed by atoms with Crippen molar-refractivity contribution in [3.8, 4) is 62.0 Å². The van der Waals surface area contributed by atoms with Crippen LogP contribution in [0.15, 0.2) is 188 Å². The third kappa shape index (κ3) is 6.67. The lowest BCUT2D eigenvalue weighted by Gasteiger charge is -2.23. The van der Waals surface area contributed by atoms with Gasteiger partial charge in [-0.15, -0.1) is 0 Å². The fourth-order valence-corrected chi connectivity index (χ4v) is 9.73. The second-order valence-electron chi connectivity index (χ2n) is 17.0. The van der Waals surface area contributed by atoms with E-state index in [4.69, 9.17) is 0 Å². The second kappa shape index (κ2) is 15.3. The van der Waals surface area contributed by atoms with Gasteiger partial charge < -0.3 is 9.13 Å². The number of benzene rings is 9. The topological polar surface area (TPSA) is 33.6 Å². The van der Waals surface area contributed by atoms with Gasteiger partial charge in [0.15, 0.2) is 0 Å². The highest BCUT2D eigenvalue weighted by molar-refractivity contribution is 6.13. The number of halogens is 3. The van der Waals surface area contributed by atoms with Crippen LogP contribution >= 0.6 is 0 Å². The maximum Gasteiger partial charge on any atom is 0.416 e. The zero-order chi connectivity index (χ0) is 44.6. The van der Waals surface area contributed by atoms with Crippen LogP contribution in [-0.2, 0) is 6.18 Å². The summed E-state index contributed by atoms with van der Waals surface area (Å²) in [7, 11) is 0. The molecule has 0 unspecified atom stereocenters. The number of aromatic nitrogens is 2. The molecule has 0 aliphatic rings. The SMILES string of the molecule is Cc1ccc(-c2ccc3c(c2)c2ccccc2n3-c2cccc(C#N)c2-c2c(-c3cc(C)cc(C(F)(F)F)c3)cccc2-n2c3ccccc3c3cc(-c4ccc(C)cc4)ccc32)cc1. The molecule has 0 spiro atoms. The summed E-state index contributed by atoms with van der Waals surface area (Å²) in [4.78, 5) is 0. The van der Waals surface area contributed by atoms with E-state index in [0.29, 0.717) is 33.4 Å². The fourth-order valence-electron chi connectivity index (χ4n) is 9.73. The molecule has 0 N–H and O–H groups in total. The van der Waals surface area contributed by atoms with Crippen molar-refractivity contribution in [2.45, 2.75) is 26.9 Å². The standard InChI is InChI=1S/C59H40F3N3/c1-36-18-22-39(23-19-36)41-26-28-53-49(33-41)47-11-4-6-14-51(47)64(53)55-16-8-10-43(35-63)57(55)58-46(44-30-38(3)31-45(32-44)59(60,61)62)13-9-17-56(58)65-52-15-7-5-12-48(52)50-34-42(27-29-54(50)65)40-24-20-37(2)21-25-40/h4-34H,1-3H3. The summed E-state index contributed by atoms with van der Waals surface area (Å²) in [6, 6.07) is 64.7. The second-order valence-corrected chi connectivity index (χ2v) is 17.0. The van der Waals surface area contributed by atoms with Crippen molar-refractivity contribution in [2.75, 3.05) is 0 Å². The van der Waals surface area contributed by atoms with Crippen molar-refractivity contribution in [1.82, 2.24) is 9.13 Å². The predicted molar refractivity (Wildman–Crippen MR) is 261 cm³/mol. The number of rotatable bonds is 6. The molecule has 0 amide bonds. The van der Waals surface area contributed by atoms with Crippen LogP contribution < -0.4 is 0 Å². The molecule has 9 aromatic carbocycles. The summed E-state index contributed by atoms with van der Waals surface area (Å²) in [6.07, 6.45) is -4.57. The highest BCUT2D eigenvalue weighted by Crippen LogP contribution is 2.47. The molecule has 6 heteroatoms. The number of hydrogen-bond donors (Lipinski definition) is 0. The van der Waals surface area contributed by atoms with Crippen LogP contribution in [-0.4, -0.2) is 9.13 Å². The van der Waals surface area contributed by atoms with Gasteiger partial charge in [-0.3, -0.25) is 0 Å². The zero-order valence-corrected chi connectivity index (χ0v) is 35.9. The Bertz CT molecular complexity index is 3730. The molecule has 11 aromatic rings. The molecule has 11 rings (SSSR count). The summed E-state index contributed by atoms with van der Waals surface area (Å²) >= 11 is 0. The van der Waals surface area contributed by atoms with Crippen LogP contribution in [0.2, 0.25) is 0 Å². The molecular formula is C59H40F3N3. The van der Waals surface area contributed by atoms with Crippen LogP contribution in [0, 0.1) is 32.1 Å². The van der Waals surface area contributed by atoms with Crippen LogP contribution in [0.4, 0.5) is 13.2 Å². The summed E-state index contributed by atoms with van der Waals surface area (Å²) < 4.78 is 48.5. The fraction of sp³-hybridized carbons (Fsp3) is 0.0678. The largest absolute Gasteiger partial charge is 0.416 e. The van der Waals surface area contributed by atoms with E-state index in [-0.39, 0.29) is 0 Å². The van der Waals surface area contributed by atoms with Gasteiger partial charge in [0, 0.05) is 32.7 Å². The smallest absolute Gasteiger partial charge is 0.309 e. The molecular weight excluding hydrogens is 808 g/mol. The minimum atomic E-state index is -4.57. The molecule has 0 saturated carbocycles. The van der Waals surface area contributed by atoms with E-state index in [9.17, 15) is 18.4 Å². The van der Waals surface area contributed by atoms with Crippen molar-refractivity contribution in [1.29, 1.82) is 5.26 Å². The molecule has 312 valence electrons. The van der Waals surface area contributed by atoms with Gasteiger partial charge in [-0.1, -0.05) is 132 Å². The highest BCUT2D eigenvalue weighted by atomic mass is 19.4. The van der Waals surface area contributed by atoms with Gasteiger partial charge in [-0.05, 0) is 126 Å². The minimum Gasteiger partial charge on any atom is -0.309 e. The summed E-state index contributed by atoms with van der Waals surface area (Å²) in [5, 5.41) is 15.3. The Balaban J connectivity index is 1.25. The number of nitriles is 1. The average molecular weight is 848 g/mol. The number of hydrogen-bond acceptors (Lipinski definition) is 1. The van der Waals surface area contributed by atoms with Crippen LogP contribution in [0.5, 0.6) is 0 Å². The Hall–Kier alpha value is -8.14. The first-order chi connectivity index (χ1) is 31.6. The third-order valence-corrected chi connectivity index (χ3v) is 12.8. The van der Waals surface area contributed by atoms with Gasteiger partial charge in [0.25, 0.3) is 0 Å². The number of alkyl halides is 3. The Kier molecular flexibility index (Phi) is 9.34. The number of aryl methyl sites for hydroxylation is 3. The monoisotopic (exact) mass is 847 g/mol. The van der Waals surface area contributed by atoms with Crippen molar-refractivity contribution >= 4 is 43.6 Å². The van der Waals surface area contributed by atoms with Crippen molar-refractivity contribution in [3.63, 3.8) is 0 Å². The van der Waals surface area contributed by atoms with Gasteiger partial charge >= 0.3 is 6.18 Å². The lowest BCUT2D eigenvalue weighted by Crippen LogP contribution is -2.07. The summed E-state index contributed by atoms with van der Waals surface area (Å²) in [6.45, 7) is 5.85. The van der Waals surface area contributed by atoms with Crippen molar-refractivity contribution < 1.29 is 13.2 Å². The zero-order valence-electron chi connectivity index (χ0n) is 35.9. The molecule has 0 aliphatic heterocycles.